The molecule has 3 nitrogen and oxygen atoms in total. The van der Waals surface area contributed by atoms with E-state index in [9.17, 15) is 18.3 Å². The molecular formula is C10H11F3O3. The summed E-state index contributed by atoms with van der Waals surface area (Å²) in [4.78, 5) is 0. The van der Waals surface area contributed by atoms with Gasteiger partial charge in [0, 0.05) is 5.56 Å². The molecule has 0 aliphatic rings. The van der Waals surface area contributed by atoms with Crippen LogP contribution in [0.5, 0.6) is 11.5 Å². The number of phenols is 1. The summed E-state index contributed by atoms with van der Waals surface area (Å²) in [5.74, 6) is 0.315. The molecule has 0 aliphatic heterocycles. The van der Waals surface area contributed by atoms with Gasteiger partial charge in [-0.25, -0.2) is 0 Å². The highest BCUT2D eigenvalue weighted by Crippen LogP contribution is 2.26. The van der Waals surface area contributed by atoms with Gasteiger partial charge in [-0.2, -0.15) is 13.2 Å². The normalized spacial score (nSPS) is 11.5. The zero-order valence-corrected chi connectivity index (χ0v) is 8.54. The number of hydrogen-bond donors (Lipinski definition) is 1. The molecule has 0 radical (unpaired) electrons. The maximum atomic E-state index is 11.7. The summed E-state index contributed by atoms with van der Waals surface area (Å²) in [6.07, 6.45) is -4.36. The first-order valence-electron chi connectivity index (χ1n) is 4.46. The molecular weight excluding hydrogens is 225 g/mol. The van der Waals surface area contributed by atoms with Crippen molar-refractivity contribution in [3.63, 3.8) is 0 Å². The van der Waals surface area contributed by atoms with E-state index in [1.165, 1.54) is 18.2 Å². The van der Waals surface area contributed by atoms with Gasteiger partial charge >= 0.3 is 6.18 Å². The predicted molar refractivity (Wildman–Crippen MR) is 50.3 cm³/mol. The van der Waals surface area contributed by atoms with Gasteiger partial charge in [0.05, 0.1) is 0 Å². The monoisotopic (exact) mass is 236 g/mol. The Balaban J connectivity index is 2.41. The van der Waals surface area contributed by atoms with Crippen LogP contribution >= 0.6 is 0 Å². The Morgan fingerprint density at radius 3 is 2.62 bits per heavy atom. The van der Waals surface area contributed by atoms with Gasteiger partial charge in [0.1, 0.15) is 18.1 Å². The van der Waals surface area contributed by atoms with E-state index in [4.69, 9.17) is 4.74 Å². The molecule has 0 unspecified atom stereocenters. The van der Waals surface area contributed by atoms with E-state index in [0.29, 0.717) is 11.3 Å². The third-order valence-corrected chi connectivity index (χ3v) is 1.82. The highest BCUT2D eigenvalue weighted by Gasteiger charge is 2.27. The van der Waals surface area contributed by atoms with Gasteiger partial charge in [-0.3, -0.25) is 0 Å². The molecule has 1 N–H and O–H groups in total. The maximum Gasteiger partial charge on any atom is 0.411 e. The number of ether oxygens (including phenoxy) is 2. The summed E-state index contributed by atoms with van der Waals surface area (Å²) in [5.41, 5.74) is 0.457. The zero-order chi connectivity index (χ0) is 12.2. The molecule has 0 saturated heterocycles. The topological polar surface area (TPSA) is 38.7 Å². The number of rotatable bonds is 4. The van der Waals surface area contributed by atoms with Crippen molar-refractivity contribution in [3.8, 4) is 11.5 Å². The SMILES string of the molecule is Cc1c(O)cccc1OCOCC(F)(F)F. The fraction of sp³-hybridized carbons (Fsp3) is 0.400. The molecule has 0 heterocycles. The standard InChI is InChI=1S/C10H11F3O3/c1-7-8(14)3-2-4-9(7)16-6-15-5-10(11,12)13/h2-4,14H,5-6H2,1H3. The lowest BCUT2D eigenvalue weighted by Crippen LogP contribution is -2.19. The first-order valence-corrected chi connectivity index (χ1v) is 4.46. The highest BCUT2D eigenvalue weighted by molar-refractivity contribution is 5.42. The molecule has 0 amide bonds. The van der Waals surface area contributed by atoms with Gasteiger partial charge in [-0.05, 0) is 19.1 Å². The minimum Gasteiger partial charge on any atom is -0.508 e. The Labute approximate surface area is 90.4 Å². The second-order valence-electron chi connectivity index (χ2n) is 3.13. The van der Waals surface area contributed by atoms with Crippen LogP contribution in [0.3, 0.4) is 0 Å². The molecule has 90 valence electrons. The second kappa shape index (κ2) is 5.07. The fourth-order valence-corrected chi connectivity index (χ4v) is 1.02. The lowest BCUT2D eigenvalue weighted by Gasteiger charge is -2.11. The molecule has 0 spiro atoms. The van der Waals surface area contributed by atoms with Crippen molar-refractivity contribution < 1.29 is 27.8 Å². The van der Waals surface area contributed by atoms with Crippen LogP contribution in [0.25, 0.3) is 0 Å². The third kappa shape index (κ3) is 3.98. The van der Waals surface area contributed by atoms with Crippen molar-refractivity contribution in [3.05, 3.63) is 23.8 Å². The molecule has 0 aliphatic carbocycles. The predicted octanol–water partition coefficient (Wildman–Crippen LogP) is 2.62. The lowest BCUT2D eigenvalue weighted by atomic mass is 10.2. The summed E-state index contributed by atoms with van der Waals surface area (Å²) in [6, 6.07) is 4.52. The van der Waals surface area contributed by atoms with Crippen LogP contribution < -0.4 is 4.74 Å². The summed E-state index contributed by atoms with van der Waals surface area (Å²) in [5, 5.41) is 9.29. The maximum absolute atomic E-state index is 11.7. The summed E-state index contributed by atoms with van der Waals surface area (Å²) >= 11 is 0. The van der Waals surface area contributed by atoms with Crippen molar-refractivity contribution in [2.24, 2.45) is 0 Å². The number of alkyl halides is 3. The van der Waals surface area contributed by atoms with E-state index in [1.54, 1.807) is 6.92 Å². The zero-order valence-electron chi connectivity index (χ0n) is 8.54. The number of phenolic OH excluding ortho intramolecular Hbond substituents is 1. The molecule has 6 heteroatoms. The number of benzene rings is 1. The van der Waals surface area contributed by atoms with Crippen LogP contribution in [-0.4, -0.2) is 24.7 Å². The second-order valence-corrected chi connectivity index (χ2v) is 3.13. The van der Waals surface area contributed by atoms with Crippen molar-refractivity contribution >= 4 is 0 Å². The molecule has 0 bridgehead atoms. The molecule has 0 fully saturated rings. The van der Waals surface area contributed by atoms with Crippen molar-refractivity contribution in [1.82, 2.24) is 0 Å². The number of aromatic hydroxyl groups is 1. The summed E-state index contributed by atoms with van der Waals surface area (Å²) in [6.45, 7) is -0.275. The quantitative estimate of drug-likeness (QED) is 0.645. The Morgan fingerprint density at radius 1 is 1.31 bits per heavy atom. The van der Waals surface area contributed by atoms with Crippen molar-refractivity contribution in [2.75, 3.05) is 13.4 Å². The van der Waals surface area contributed by atoms with Crippen molar-refractivity contribution in [1.29, 1.82) is 0 Å². The average Bonchev–Trinajstić information content (AvgIpc) is 2.17. The minimum atomic E-state index is -4.36. The van der Waals surface area contributed by atoms with E-state index in [0.717, 1.165) is 0 Å². The van der Waals surface area contributed by atoms with E-state index < -0.39 is 19.6 Å². The summed E-state index contributed by atoms with van der Waals surface area (Å²) < 4.78 is 44.3. The van der Waals surface area contributed by atoms with Gasteiger partial charge in [-0.1, -0.05) is 6.07 Å². The third-order valence-electron chi connectivity index (χ3n) is 1.82. The van der Waals surface area contributed by atoms with Gasteiger partial charge in [0.15, 0.2) is 6.79 Å². The van der Waals surface area contributed by atoms with Crippen LogP contribution in [0.1, 0.15) is 5.56 Å². The largest absolute Gasteiger partial charge is 0.508 e. The summed E-state index contributed by atoms with van der Waals surface area (Å²) in [7, 11) is 0. The van der Waals surface area contributed by atoms with E-state index >= 15 is 0 Å². The van der Waals surface area contributed by atoms with Gasteiger partial charge in [0.2, 0.25) is 0 Å². The van der Waals surface area contributed by atoms with Gasteiger partial charge in [0.25, 0.3) is 0 Å². The Kier molecular flexibility index (Phi) is 4.00. The van der Waals surface area contributed by atoms with Crippen LogP contribution in [0.15, 0.2) is 18.2 Å². The molecule has 0 saturated carbocycles. The molecule has 0 aromatic heterocycles. The fourth-order valence-electron chi connectivity index (χ4n) is 1.02. The first kappa shape index (κ1) is 12.6. The number of halogens is 3. The Morgan fingerprint density at radius 2 is 2.00 bits per heavy atom. The van der Waals surface area contributed by atoms with Gasteiger partial charge in [-0.15, -0.1) is 0 Å². The molecule has 1 aromatic carbocycles. The van der Waals surface area contributed by atoms with E-state index in [2.05, 4.69) is 4.74 Å². The van der Waals surface area contributed by atoms with Crippen LogP contribution in [0.4, 0.5) is 13.2 Å². The van der Waals surface area contributed by atoms with Crippen LogP contribution in [0, 0.1) is 6.92 Å². The Bertz CT molecular complexity index is 350. The first-order chi connectivity index (χ1) is 7.40. The lowest BCUT2D eigenvalue weighted by molar-refractivity contribution is -0.186. The van der Waals surface area contributed by atoms with E-state index in [1.807, 2.05) is 0 Å². The van der Waals surface area contributed by atoms with Crippen LogP contribution in [-0.2, 0) is 4.74 Å². The molecule has 1 aromatic rings. The van der Waals surface area contributed by atoms with Crippen LogP contribution in [0.2, 0.25) is 0 Å². The smallest absolute Gasteiger partial charge is 0.411 e. The highest BCUT2D eigenvalue weighted by atomic mass is 19.4. The molecule has 16 heavy (non-hydrogen) atoms. The Hall–Kier alpha value is -1.43. The van der Waals surface area contributed by atoms with E-state index in [-0.39, 0.29) is 5.75 Å². The van der Waals surface area contributed by atoms with Gasteiger partial charge < -0.3 is 14.6 Å². The van der Waals surface area contributed by atoms with Crippen molar-refractivity contribution in [2.45, 2.75) is 13.1 Å². The molecule has 1 rings (SSSR count). The number of hydrogen-bond acceptors (Lipinski definition) is 3. The minimum absolute atomic E-state index is 0.0216. The average molecular weight is 236 g/mol. The molecule has 0 atom stereocenters.